The van der Waals surface area contributed by atoms with Crippen LogP contribution in [0, 0.1) is 5.92 Å². The number of hydrogen-bond acceptors (Lipinski definition) is 6. The van der Waals surface area contributed by atoms with Gasteiger partial charge in [-0.05, 0) is 55.9 Å². The summed E-state index contributed by atoms with van der Waals surface area (Å²) in [4.78, 5) is 16.1. The summed E-state index contributed by atoms with van der Waals surface area (Å²) in [5.74, 6) is -0.555. The van der Waals surface area contributed by atoms with E-state index >= 15 is 0 Å². The summed E-state index contributed by atoms with van der Waals surface area (Å²) in [7, 11) is 1.28. The van der Waals surface area contributed by atoms with Crippen molar-refractivity contribution in [3.05, 3.63) is 53.5 Å². The number of halogens is 3. The molecule has 182 valence electrons. The van der Waals surface area contributed by atoms with Gasteiger partial charge in [-0.15, -0.1) is 0 Å². The molecule has 1 aliphatic rings. The van der Waals surface area contributed by atoms with Gasteiger partial charge in [0.05, 0.1) is 17.2 Å². The molecule has 1 aromatic carbocycles. The molecule has 1 unspecified atom stereocenters. The number of ether oxygens (including phenoxy) is 1. The highest BCUT2D eigenvalue weighted by Crippen LogP contribution is 2.34. The third kappa shape index (κ3) is 5.06. The highest BCUT2D eigenvalue weighted by molar-refractivity contribution is 6.04. The maximum Gasteiger partial charge on any atom is 0.433 e. The third-order valence-corrected chi connectivity index (χ3v) is 6.15. The molecule has 0 saturated heterocycles. The van der Waals surface area contributed by atoms with E-state index in [9.17, 15) is 28.2 Å². The molecule has 0 spiro atoms. The van der Waals surface area contributed by atoms with E-state index in [0.29, 0.717) is 16.8 Å². The first-order valence-corrected chi connectivity index (χ1v) is 10.9. The van der Waals surface area contributed by atoms with Crippen LogP contribution in [0.3, 0.4) is 0 Å². The number of aliphatic hydroxyl groups is 2. The lowest BCUT2D eigenvalue weighted by atomic mass is 9.87. The average Bonchev–Trinajstić information content (AvgIpc) is 3.25. The lowest BCUT2D eigenvalue weighted by molar-refractivity contribution is -0.141. The number of rotatable bonds is 6. The van der Waals surface area contributed by atoms with Crippen LogP contribution in [0.25, 0.3) is 10.9 Å². The second-order valence-electron chi connectivity index (χ2n) is 8.41. The van der Waals surface area contributed by atoms with Crippen molar-refractivity contribution in [2.75, 3.05) is 19.0 Å². The Morgan fingerprint density at radius 3 is 2.65 bits per heavy atom. The Balaban J connectivity index is 1.64. The van der Waals surface area contributed by atoms with Gasteiger partial charge in [-0.2, -0.15) is 18.3 Å². The number of aliphatic hydroxyl groups excluding tert-OH is 2. The Kier molecular flexibility index (Phi) is 6.87. The lowest BCUT2D eigenvalue weighted by Crippen LogP contribution is -2.20. The van der Waals surface area contributed by atoms with E-state index < -0.39 is 29.8 Å². The van der Waals surface area contributed by atoms with Gasteiger partial charge in [0.25, 0.3) is 5.91 Å². The molecule has 1 atom stereocenters. The summed E-state index contributed by atoms with van der Waals surface area (Å²) in [6.07, 6.45) is -0.695. The highest BCUT2D eigenvalue weighted by Gasteiger charge is 2.33. The predicted molar refractivity (Wildman–Crippen MR) is 117 cm³/mol. The van der Waals surface area contributed by atoms with Gasteiger partial charge < -0.3 is 20.3 Å². The fourth-order valence-electron chi connectivity index (χ4n) is 4.23. The molecule has 2 heterocycles. The number of alkyl halides is 3. The summed E-state index contributed by atoms with van der Waals surface area (Å²) in [6, 6.07) is 6.41. The Bertz CT molecular complexity index is 1170. The van der Waals surface area contributed by atoms with E-state index in [4.69, 9.17) is 4.74 Å². The molecule has 1 saturated carbocycles. The van der Waals surface area contributed by atoms with Crippen LogP contribution in [0.15, 0.2) is 36.5 Å². The van der Waals surface area contributed by atoms with Crippen LogP contribution in [0.5, 0.6) is 0 Å². The molecule has 8 nitrogen and oxygen atoms in total. The molecule has 1 fully saturated rings. The first-order chi connectivity index (χ1) is 16.2. The minimum absolute atomic E-state index is 0.165. The zero-order valence-corrected chi connectivity index (χ0v) is 18.4. The number of nitrogens with zero attached hydrogens (tertiary/aromatic N) is 3. The number of methoxy groups -OCH3 is 1. The first-order valence-electron chi connectivity index (χ1n) is 10.9. The van der Waals surface area contributed by atoms with Gasteiger partial charge in [0.15, 0.2) is 6.29 Å². The van der Waals surface area contributed by atoms with E-state index in [1.807, 2.05) is 10.9 Å². The van der Waals surface area contributed by atoms with Crippen molar-refractivity contribution in [2.45, 2.75) is 44.2 Å². The molecule has 0 radical (unpaired) electrons. The van der Waals surface area contributed by atoms with Crippen LogP contribution < -0.4 is 5.32 Å². The Labute approximate surface area is 193 Å². The fourth-order valence-corrected chi connectivity index (χ4v) is 4.23. The summed E-state index contributed by atoms with van der Waals surface area (Å²) in [5, 5.41) is 27.5. The van der Waals surface area contributed by atoms with E-state index in [2.05, 4.69) is 15.4 Å². The van der Waals surface area contributed by atoms with Crippen LogP contribution in [0.1, 0.15) is 59.8 Å². The van der Waals surface area contributed by atoms with Gasteiger partial charge >= 0.3 is 6.18 Å². The zero-order valence-electron chi connectivity index (χ0n) is 18.4. The van der Waals surface area contributed by atoms with Crippen LogP contribution in [0.4, 0.5) is 18.9 Å². The molecule has 0 aliphatic heterocycles. The summed E-state index contributed by atoms with van der Waals surface area (Å²) >= 11 is 0. The molecule has 2 aromatic heterocycles. The third-order valence-electron chi connectivity index (χ3n) is 6.15. The number of carbonyl (C=O) groups is 1. The van der Waals surface area contributed by atoms with Crippen LogP contribution in [-0.2, 0) is 10.9 Å². The van der Waals surface area contributed by atoms with Crippen molar-refractivity contribution < 1.29 is 32.9 Å². The number of amides is 1. The van der Waals surface area contributed by atoms with Crippen molar-refractivity contribution in [1.82, 2.24) is 14.8 Å². The van der Waals surface area contributed by atoms with E-state index in [0.717, 1.165) is 37.8 Å². The number of nitrogens with one attached hydrogen (secondary N) is 1. The maximum atomic E-state index is 13.0. The molecular formula is C23H25F3N4O4. The topological polar surface area (TPSA) is 110 Å². The highest BCUT2D eigenvalue weighted by atomic mass is 19.4. The molecule has 11 heteroatoms. The van der Waals surface area contributed by atoms with Crippen molar-refractivity contribution in [2.24, 2.45) is 5.92 Å². The second-order valence-corrected chi connectivity index (χ2v) is 8.41. The Morgan fingerprint density at radius 1 is 1.26 bits per heavy atom. The van der Waals surface area contributed by atoms with E-state index in [-0.39, 0.29) is 23.9 Å². The monoisotopic (exact) mass is 478 g/mol. The minimum atomic E-state index is -4.68. The summed E-state index contributed by atoms with van der Waals surface area (Å²) < 4.78 is 45.8. The molecule has 1 amide bonds. The van der Waals surface area contributed by atoms with E-state index in [1.54, 1.807) is 12.1 Å². The quantitative estimate of drug-likeness (QED) is 0.461. The maximum absolute atomic E-state index is 13.0. The molecule has 1 aliphatic carbocycles. The number of benzene rings is 1. The Morgan fingerprint density at radius 2 is 2.00 bits per heavy atom. The van der Waals surface area contributed by atoms with Crippen LogP contribution in [0.2, 0.25) is 0 Å². The minimum Gasteiger partial charge on any atom is -0.396 e. The van der Waals surface area contributed by atoms with Crippen molar-refractivity contribution >= 4 is 22.5 Å². The normalized spacial score (nSPS) is 19.8. The van der Waals surface area contributed by atoms with Gasteiger partial charge in [-0.25, -0.2) is 4.98 Å². The van der Waals surface area contributed by atoms with Gasteiger partial charge in [-0.3, -0.25) is 9.48 Å². The molecule has 3 aromatic rings. The van der Waals surface area contributed by atoms with Crippen LogP contribution >= 0.6 is 0 Å². The first kappa shape index (κ1) is 24.1. The summed E-state index contributed by atoms with van der Waals surface area (Å²) in [5.41, 5.74) is -0.626. The van der Waals surface area contributed by atoms with Crippen molar-refractivity contribution in [3.63, 3.8) is 0 Å². The number of carbonyl (C=O) groups excluding carboxylic acids is 1. The molecule has 34 heavy (non-hydrogen) atoms. The van der Waals surface area contributed by atoms with Gasteiger partial charge in [-0.1, -0.05) is 6.07 Å². The SMILES string of the molecule is COC(O)c1cc2nn([C@H]3CC[C@H](CO)CC3)cc2cc1NC(=O)c1cccc(C(F)(F)F)n1. The van der Waals surface area contributed by atoms with Gasteiger partial charge in [0.1, 0.15) is 11.4 Å². The van der Waals surface area contributed by atoms with Gasteiger partial charge in [0, 0.05) is 30.9 Å². The molecule has 4 rings (SSSR count). The molecule has 0 bridgehead atoms. The van der Waals surface area contributed by atoms with Crippen molar-refractivity contribution in [1.29, 1.82) is 0 Å². The second kappa shape index (κ2) is 9.69. The van der Waals surface area contributed by atoms with Crippen LogP contribution in [-0.4, -0.2) is 44.6 Å². The standard InChI is InChI=1S/C23H25F3N4O4/c1-34-22(33)16-10-18-14(11-30(29-18)15-7-5-13(12-31)6-8-15)9-19(16)28-21(32)17-3-2-4-20(27-17)23(24,25)26/h2-4,9-11,13,15,22,31,33H,5-8,12H2,1H3,(H,28,32)/t13-,15-,22?. The number of aromatic nitrogens is 3. The van der Waals surface area contributed by atoms with E-state index in [1.165, 1.54) is 13.2 Å². The number of hydrogen-bond donors (Lipinski definition) is 3. The number of pyridine rings is 1. The predicted octanol–water partition coefficient (Wildman–Crippen LogP) is 4.06. The Hall–Kier alpha value is -3.02. The largest absolute Gasteiger partial charge is 0.433 e. The molecule has 3 N–H and O–H groups in total. The number of anilines is 1. The number of fused-ring (bicyclic) bond motifs is 1. The smallest absolute Gasteiger partial charge is 0.396 e. The zero-order chi connectivity index (χ0) is 24.5. The molecular weight excluding hydrogens is 453 g/mol. The fraction of sp³-hybridized carbons (Fsp3) is 0.435. The lowest BCUT2D eigenvalue weighted by Gasteiger charge is -2.27. The average molecular weight is 478 g/mol. The van der Waals surface area contributed by atoms with Crippen molar-refractivity contribution in [3.8, 4) is 0 Å². The van der Waals surface area contributed by atoms with Gasteiger partial charge in [0.2, 0.25) is 0 Å². The summed E-state index contributed by atoms with van der Waals surface area (Å²) in [6.45, 7) is 0.176.